The van der Waals surface area contributed by atoms with Gasteiger partial charge >= 0.3 is 0 Å². The zero-order chi connectivity index (χ0) is 23.0. The van der Waals surface area contributed by atoms with Crippen molar-refractivity contribution in [1.29, 1.82) is 0 Å². The first-order valence-electron chi connectivity index (χ1n) is 11.4. The maximum absolute atomic E-state index is 12.9. The van der Waals surface area contributed by atoms with Crippen LogP contribution in [0.3, 0.4) is 0 Å². The molecule has 2 aliphatic rings. The molecule has 6 nitrogen and oxygen atoms in total. The predicted molar refractivity (Wildman–Crippen MR) is 124 cm³/mol. The van der Waals surface area contributed by atoms with Crippen LogP contribution in [0.5, 0.6) is 11.5 Å². The van der Waals surface area contributed by atoms with Gasteiger partial charge < -0.3 is 24.2 Å². The molecule has 2 fully saturated rings. The molecule has 174 valence electrons. The number of hydrogen-bond donors (Lipinski definition) is 1. The molecule has 1 amide bonds. The fraction of sp³-hybridized carbons (Fsp3) is 0.500. The maximum atomic E-state index is 12.9. The molecule has 0 bridgehead atoms. The van der Waals surface area contributed by atoms with Crippen molar-refractivity contribution in [2.45, 2.75) is 57.3 Å². The van der Waals surface area contributed by atoms with Crippen molar-refractivity contribution in [1.82, 2.24) is 4.90 Å². The van der Waals surface area contributed by atoms with Crippen LogP contribution in [0.15, 0.2) is 54.6 Å². The number of ether oxygens (including phenoxy) is 3. The summed E-state index contributed by atoms with van der Waals surface area (Å²) in [7, 11) is 1.58. The van der Waals surface area contributed by atoms with Crippen LogP contribution < -0.4 is 9.47 Å². The lowest BCUT2D eigenvalue weighted by atomic mass is 9.83. The van der Waals surface area contributed by atoms with Crippen molar-refractivity contribution >= 4 is 5.91 Å². The van der Waals surface area contributed by atoms with Gasteiger partial charge in [-0.25, -0.2) is 0 Å². The van der Waals surface area contributed by atoms with Crippen LogP contribution in [0.1, 0.15) is 49.9 Å². The van der Waals surface area contributed by atoms with E-state index in [0.29, 0.717) is 49.6 Å². The zero-order valence-electron chi connectivity index (χ0n) is 19.3. The van der Waals surface area contributed by atoms with Gasteiger partial charge in [-0.05, 0) is 51.3 Å². The predicted octanol–water partition coefficient (Wildman–Crippen LogP) is 4.32. The number of carbonyl (C=O) groups is 1. The van der Waals surface area contributed by atoms with Crippen LogP contribution in [-0.2, 0) is 4.74 Å². The minimum absolute atomic E-state index is 0.00870. The quantitative estimate of drug-likeness (QED) is 0.766. The van der Waals surface area contributed by atoms with Crippen LogP contribution in [0, 0.1) is 0 Å². The zero-order valence-corrected chi connectivity index (χ0v) is 19.3. The summed E-state index contributed by atoms with van der Waals surface area (Å²) in [6, 6.07) is 17.3. The van der Waals surface area contributed by atoms with E-state index in [1.165, 1.54) is 0 Å². The Bertz CT molecular complexity index is 820. The summed E-state index contributed by atoms with van der Waals surface area (Å²) in [6.45, 7) is 5.78. The Labute approximate surface area is 191 Å². The number of methoxy groups -OCH3 is 1. The molecule has 2 saturated heterocycles. The summed E-state index contributed by atoms with van der Waals surface area (Å²) in [5, 5.41) is 9.94. The first-order valence-corrected chi connectivity index (χ1v) is 11.4. The number of hydrogen-bond acceptors (Lipinski definition) is 5. The number of aliphatic hydroxyl groups is 1. The third-order valence-electron chi connectivity index (χ3n) is 5.87. The number of piperidine rings is 1. The van der Waals surface area contributed by atoms with E-state index >= 15 is 0 Å². The Morgan fingerprint density at radius 2 is 1.72 bits per heavy atom. The fourth-order valence-corrected chi connectivity index (χ4v) is 4.19. The number of carbonyl (C=O) groups excluding carboxylic acids is 1. The van der Waals surface area contributed by atoms with E-state index in [1.807, 2.05) is 55.1 Å². The Morgan fingerprint density at radius 1 is 1.09 bits per heavy atom. The fourth-order valence-electron chi connectivity index (χ4n) is 4.19. The molecule has 0 saturated carbocycles. The number of nitrogens with zero attached hydrogens (tertiary/aromatic N) is 1. The number of benzene rings is 2. The molecule has 2 aromatic carbocycles. The highest BCUT2D eigenvalue weighted by molar-refractivity contribution is 5.95. The third-order valence-corrected chi connectivity index (χ3v) is 5.87. The monoisotopic (exact) mass is 441 g/mol. The van der Waals surface area contributed by atoms with Gasteiger partial charge in [0.25, 0.3) is 5.91 Å². The first kappa shape index (κ1) is 24.1. The SMILES string of the molecule is COc1cc(C(=O)N2CCC3(CC2)CC(O)CCO3)ccc1OC(C)C.c1ccccc1. The van der Waals surface area contributed by atoms with Crippen molar-refractivity contribution in [3.05, 3.63) is 60.2 Å². The highest BCUT2D eigenvalue weighted by Crippen LogP contribution is 2.36. The van der Waals surface area contributed by atoms with Crippen LogP contribution >= 0.6 is 0 Å². The molecular weight excluding hydrogens is 406 g/mol. The van der Waals surface area contributed by atoms with Gasteiger partial charge in [-0.2, -0.15) is 0 Å². The van der Waals surface area contributed by atoms with Crippen molar-refractivity contribution < 1.29 is 24.1 Å². The minimum Gasteiger partial charge on any atom is -0.493 e. The molecule has 2 aliphatic heterocycles. The van der Waals surface area contributed by atoms with E-state index in [1.54, 1.807) is 25.3 Å². The van der Waals surface area contributed by atoms with Crippen molar-refractivity contribution in [3.63, 3.8) is 0 Å². The molecule has 2 heterocycles. The lowest BCUT2D eigenvalue weighted by Gasteiger charge is -2.45. The molecule has 1 N–H and O–H groups in total. The average molecular weight is 442 g/mol. The van der Waals surface area contributed by atoms with Crippen LogP contribution in [0.4, 0.5) is 0 Å². The molecule has 1 unspecified atom stereocenters. The normalized spacial score (nSPS) is 19.8. The smallest absolute Gasteiger partial charge is 0.253 e. The average Bonchev–Trinajstić information content (AvgIpc) is 2.80. The van der Waals surface area contributed by atoms with Gasteiger partial charge in [-0.15, -0.1) is 0 Å². The Balaban J connectivity index is 0.000000416. The standard InChI is InChI=1S/C20H29NO5.C6H6/c1-14(2)26-17-5-4-15(12-18(17)24-3)19(23)21-9-7-20(8-10-21)13-16(22)6-11-25-20;1-2-4-6-5-3-1/h4-5,12,14,16,22H,6-11,13H2,1-3H3;1-6H. The van der Waals surface area contributed by atoms with E-state index < -0.39 is 0 Å². The second-order valence-corrected chi connectivity index (χ2v) is 8.66. The third kappa shape index (κ3) is 6.47. The van der Waals surface area contributed by atoms with Gasteiger partial charge in [-0.3, -0.25) is 4.79 Å². The second-order valence-electron chi connectivity index (χ2n) is 8.66. The van der Waals surface area contributed by atoms with Crippen molar-refractivity contribution in [2.75, 3.05) is 26.8 Å². The Hall–Kier alpha value is -2.57. The number of amides is 1. The van der Waals surface area contributed by atoms with Crippen molar-refractivity contribution in [2.24, 2.45) is 0 Å². The highest BCUT2D eigenvalue weighted by Gasteiger charge is 2.40. The van der Waals surface area contributed by atoms with E-state index in [0.717, 1.165) is 12.8 Å². The summed E-state index contributed by atoms with van der Waals surface area (Å²) in [5.41, 5.74) is 0.333. The van der Waals surface area contributed by atoms with Gasteiger partial charge in [0.1, 0.15) is 0 Å². The topological polar surface area (TPSA) is 68.2 Å². The van der Waals surface area contributed by atoms with E-state index in [2.05, 4.69) is 0 Å². The maximum Gasteiger partial charge on any atom is 0.253 e. The summed E-state index contributed by atoms with van der Waals surface area (Å²) in [5.74, 6) is 1.20. The van der Waals surface area contributed by atoms with E-state index in [4.69, 9.17) is 14.2 Å². The van der Waals surface area contributed by atoms with Crippen LogP contribution in [0.25, 0.3) is 0 Å². The summed E-state index contributed by atoms with van der Waals surface area (Å²) < 4.78 is 17.1. The van der Waals surface area contributed by atoms with Gasteiger partial charge in [0, 0.05) is 31.7 Å². The molecule has 0 aliphatic carbocycles. The molecular formula is C26H35NO5. The Kier molecular flexibility index (Phi) is 8.53. The number of rotatable bonds is 4. The van der Waals surface area contributed by atoms with E-state index in [9.17, 15) is 9.90 Å². The molecule has 0 radical (unpaired) electrons. The minimum atomic E-state index is -0.288. The van der Waals surface area contributed by atoms with Gasteiger partial charge in [0.2, 0.25) is 0 Å². The summed E-state index contributed by atoms with van der Waals surface area (Å²) in [4.78, 5) is 14.7. The molecule has 1 spiro atoms. The van der Waals surface area contributed by atoms with Crippen LogP contribution in [0.2, 0.25) is 0 Å². The molecule has 0 aromatic heterocycles. The van der Waals surface area contributed by atoms with Gasteiger partial charge in [0.15, 0.2) is 11.5 Å². The first-order chi connectivity index (χ1) is 15.4. The lowest BCUT2D eigenvalue weighted by Crippen LogP contribution is -2.51. The highest BCUT2D eigenvalue weighted by atomic mass is 16.5. The van der Waals surface area contributed by atoms with Crippen molar-refractivity contribution in [3.8, 4) is 11.5 Å². The second kappa shape index (κ2) is 11.3. The van der Waals surface area contributed by atoms with Crippen LogP contribution in [-0.4, -0.2) is 60.5 Å². The molecule has 32 heavy (non-hydrogen) atoms. The summed E-state index contributed by atoms with van der Waals surface area (Å²) >= 11 is 0. The molecule has 1 atom stereocenters. The number of likely N-dealkylation sites (tertiary alicyclic amines) is 1. The molecule has 2 aromatic rings. The Morgan fingerprint density at radius 3 is 2.25 bits per heavy atom. The van der Waals surface area contributed by atoms with Gasteiger partial charge in [0.05, 0.1) is 24.9 Å². The lowest BCUT2D eigenvalue weighted by molar-refractivity contribution is -0.139. The number of aliphatic hydroxyl groups excluding tert-OH is 1. The molecule has 6 heteroatoms. The van der Waals surface area contributed by atoms with Gasteiger partial charge in [-0.1, -0.05) is 36.4 Å². The van der Waals surface area contributed by atoms with E-state index in [-0.39, 0.29) is 23.7 Å². The summed E-state index contributed by atoms with van der Waals surface area (Å²) in [6.07, 6.45) is 2.65. The molecule has 4 rings (SSSR count). The largest absolute Gasteiger partial charge is 0.493 e.